The van der Waals surface area contributed by atoms with Crippen LogP contribution in [-0.4, -0.2) is 5.92 Å². The van der Waals surface area contributed by atoms with Gasteiger partial charge in [0.15, 0.2) is 0 Å². The molecule has 0 saturated heterocycles. The van der Waals surface area contributed by atoms with Crippen molar-refractivity contribution in [3.8, 4) is 0 Å². The van der Waals surface area contributed by atoms with Gasteiger partial charge in [-0.05, 0) is 0 Å². The molecule has 0 saturated carbocycles. The molecule has 2 atom stereocenters. The van der Waals surface area contributed by atoms with Gasteiger partial charge in [-0.2, -0.15) is 0 Å². The monoisotopic (exact) mass is 363 g/mol. The van der Waals surface area contributed by atoms with E-state index in [1.165, 1.54) is 12.8 Å². The summed E-state index contributed by atoms with van der Waals surface area (Å²) in [6.07, 6.45) is 17.6. The molecule has 2 heteroatoms. The fourth-order valence-electron chi connectivity index (χ4n) is 4.12. The Kier molecular flexibility index (Phi) is 4.97. The molecule has 0 aromatic heterocycles. The van der Waals surface area contributed by atoms with E-state index in [9.17, 15) is 0 Å². The average Bonchev–Trinajstić information content (AvgIpc) is 2.93. The van der Waals surface area contributed by atoms with Crippen LogP contribution >= 0.6 is 0 Å². The van der Waals surface area contributed by atoms with Crippen LogP contribution in [0.25, 0.3) is 0 Å². The second kappa shape index (κ2) is 6.05. The fourth-order valence-corrected chi connectivity index (χ4v) is 32.9. The van der Waals surface area contributed by atoms with Crippen LogP contribution in [0.1, 0.15) is 40.5 Å². The van der Waals surface area contributed by atoms with Crippen LogP contribution in [0.2, 0.25) is 19.3 Å². The zero-order valence-electron chi connectivity index (χ0n) is 14.0. The summed E-state index contributed by atoms with van der Waals surface area (Å²) in [7, 11) is 0. The van der Waals surface area contributed by atoms with Gasteiger partial charge in [-0.25, -0.2) is 0 Å². The summed E-state index contributed by atoms with van der Waals surface area (Å²) in [5.41, 5.74) is 3.12. The van der Waals surface area contributed by atoms with E-state index in [-0.39, 0.29) is 0 Å². The first-order chi connectivity index (χ1) is 9.34. The third kappa shape index (κ3) is 2.97. The van der Waals surface area contributed by atoms with Crippen molar-refractivity contribution in [3.05, 3.63) is 47.6 Å². The molecule has 2 aliphatic rings. The summed E-state index contributed by atoms with van der Waals surface area (Å²) in [5, 5.41) is 0. The Morgan fingerprint density at radius 1 is 0.900 bits per heavy atom. The second-order valence-electron chi connectivity index (χ2n) is 6.95. The predicted octanol–water partition coefficient (Wildman–Crippen LogP) is 5.76. The topological polar surface area (TPSA) is 0 Å². The SMILES string of the molecule is CCC1=C[C](C)([Zr]([SiH](C)C)[C]2(C)C=CC(CC)=C2)C=C1. The van der Waals surface area contributed by atoms with Crippen LogP contribution < -0.4 is 0 Å². The summed E-state index contributed by atoms with van der Waals surface area (Å²) >= 11 is -1.63. The van der Waals surface area contributed by atoms with Crippen molar-refractivity contribution in [1.82, 2.24) is 0 Å². The summed E-state index contributed by atoms with van der Waals surface area (Å²) < 4.78 is 0.875. The molecule has 2 unspecified atom stereocenters. The van der Waals surface area contributed by atoms with Crippen molar-refractivity contribution in [3.63, 3.8) is 0 Å². The molecule has 0 bridgehead atoms. The molecule has 0 amide bonds. The molecule has 0 aromatic carbocycles. The van der Waals surface area contributed by atoms with Gasteiger partial charge >= 0.3 is 134 Å². The third-order valence-corrected chi connectivity index (χ3v) is 29.1. The molecule has 0 N–H and O–H groups in total. The Morgan fingerprint density at radius 3 is 1.55 bits per heavy atom. The van der Waals surface area contributed by atoms with E-state index in [4.69, 9.17) is 0 Å². The average molecular weight is 365 g/mol. The van der Waals surface area contributed by atoms with Crippen molar-refractivity contribution in [2.75, 3.05) is 0 Å². The van der Waals surface area contributed by atoms with Crippen LogP contribution in [-0.2, 0) is 20.9 Å². The molecular weight excluding hydrogens is 336 g/mol. The van der Waals surface area contributed by atoms with Crippen molar-refractivity contribution >= 4 is 5.92 Å². The summed E-state index contributed by atoms with van der Waals surface area (Å²) in [4.78, 5) is 0. The Balaban J connectivity index is 2.40. The molecule has 0 nitrogen and oxygen atoms in total. The molecule has 20 heavy (non-hydrogen) atoms. The molecule has 0 fully saturated rings. The number of hydrogen-bond donors (Lipinski definition) is 0. The van der Waals surface area contributed by atoms with Gasteiger partial charge in [0.05, 0.1) is 0 Å². The van der Waals surface area contributed by atoms with Gasteiger partial charge in [-0.1, -0.05) is 0 Å². The van der Waals surface area contributed by atoms with Gasteiger partial charge < -0.3 is 0 Å². The molecule has 0 heterocycles. The molecule has 2 rings (SSSR count). The number of rotatable bonds is 5. The fraction of sp³-hybridized carbons (Fsp3) is 0.556. The summed E-state index contributed by atoms with van der Waals surface area (Å²) in [5.74, 6) is -0.598. The van der Waals surface area contributed by atoms with Crippen LogP contribution in [0.15, 0.2) is 47.6 Å². The Hall–Kier alpha value is 0.0600. The third-order valence-electron chi connectivity index (χ3n) is 4.81. The molecule has 0 radical (unpaired) electrons. The van der Waals surface area contributed by atoms with Crippen LogP contribution in [0, 0.1) is 0 Å². The van der Waals surface area contributed by atoms with E-state index in [2.05, 4.69) is 77.2 Å². The van der Waals surface area contributed by atoms with E-state index in [0.29, 0.717) is 6.25 Å². The summed E-state index contributed by atoms with van der Waals surface area (Å²) in [6, 6.07) is 0. The van der Waals surface area contributed by atoms with E-state index in [0.717, 1.165) is 0 Å². The first-order valence-corrected chi connectivity index (χ1v) is 17.6. The van der Waals surface area contributed by atoms with Gasteiger partial charge in [0.25, 0.3) is 0 Å². The maximum absolute atomic E-state index is 2.63. The van der Waals surface area contributed by atoms with Gasteiger partial charge in [-0.15, -0.1) is 0 Å². The number of allylic oxidation sites excluding steroid dienone is 8. The van der Waals surface area contributed by atoms with E-state index < -0.39 is 26.8 Å². The normalized spacial score (nSPS) is 31.9. The molecule has 109 valence electrons. The zero-order chi connectivity index (χ0) is 15.0. The van der Waals surface area contributed by atoms with Crippen molar-refractivity contribution in [2.24, 2.45) is 0 Å². The van der Waals surface area contributed by atoms with Crippen molar-refractivity contribution < 1.29 is 20.9 Å². The van der Waals surface area contributed by atoms with E-state index >= 15 is 0 Å². The Bertz CT molecular complexity index is 456. The van der Waals surface area contributed by atoms with Crippen LogP contribution in [0.5, 0.6) is 0 Å². The van der Waals surface area contributed by atoms with Crippen molar-refractivity contribution in [1.29, 1.82) is 0 Å². The minimum atomic E-state index is -1.63. The number of hydrogen-bond acceptors (Lipinski definition) is 0. The van der Waals surface area contributed by atoms with E-state index in [1.807, 2.05) is 0 Å². The minimum absolute atomic E-state index is 0.437. The van der Waals surface area contributed by atoms with Gasteiger partial charge in [-0.3, -0.25) is 0 Å². The molecule has 2 aliphatic carbocycles. The van der Waals surface area contributed by atoms with Crippen LogP contribution in [0.4, 0.5) is 0 Å². The van der Waals surface area contributed by atoms with Gasteiger partial charge in [0, 0.05) is 0 Å². The van der Waals surface area contributed by atoms with Gasteiger partial charge in [0.1, 0.15) is 0 Å². The standard InChI is InChI=1S/2C8H11.C2H7Si.Zr/c2*1-3-8-5-4-7(2)6-8;1-3-2;/h2*4-6H,3H2,1-2H3;3H,1-2H3;. The van der Waals surface area contributed by atoms with Gasteiger partial charge in [0.2, 0.25) is 0 Å². The first kappa shape index (κ1) is 16.4. The molecular formula is C18H29SiZr. The quantitative estimate of drug-likeness (QED) is 0.544. The van der Waals surface area contributed by atoms with Crippen LogP contribution in [0.3, 0.4) is 0 Å². The Labute approximate surface area is 134 Å². The predicted molar refractivity (Wildman–Crippen MR) is 90.6 cm³/mol. The zero-order valence-corrected chi connectivity index (χ0v) is 17.6. The van der Waals surface area contributed by atoms with E-state index in [1.54, 1.807) is 11.1 Å². The molecule has 0 aromatic rings. The maximum atomic E-state index is 2.63. The second-order valence-corrected chi connectivity index (χ2v) is 28.5. The Morgan fingerprint density at radius 2 is 1.30 bits per heavy atom. The summed E-state index contributed by atoms with van der Waals surface area (Å²) in [6.45, 7) is 14.8. The molecule has 0 spiro atoms. The van der Waals surface area contributed by atoms with Crippen molar-refractivity contribution in [2.45, 2.75) is 59.9 Å². The first-order valence-electron chi connectivity index (χ1n) is 8.04. The molecule has 0 aliphatic heterocycles.